The Morgan fingerprint density at radius 3 is 2.41 bits per heavy atom. The molecule has 4 nitrogen and oxygen atoms in total. The maximum absolute atomic E-state index is 13.0. The number of nitrogens with zero attached hydrogens (tertiary/aromatic N) is 2. The normalized spacial score (nSPS) is 22.3. The van der Waals surface area contributed by atoms with Crippen LogP contribution in [0.15, 0.2) is 47.9 Å². The number of halogens is 1. The summed E-state index contributed by atoms with van der Waals surface area (Å²) in [6.07, 6.45) is 4.27. The largest absolute Gasteiger partial charge is 0.339 e. The van der Waals surface area contributed by atoms with Crippen LogP contribution < -0.4 is 0 Å². The van der Waals surface area contributed by atoms with Gasteiger partial charge in [-0.25, -0.2) is 4.39 Å². The molecule has 2 aliphatic rings. The molecule has 140 valence electrons. The van der Waals surface area contributed by atoms with Crippen molar-refractivity contribution in [3.05, 3.63) is 64.1 Å². The first-order valence-corrected chi connectivity index (χ1v) is 10.0. The maximum atomic E-state index is 13.0. The number of carbonyl (C=O) groups is 2. The van der Waals surface area contributed by atoms with Crippen LogP contribution in [0.1, 0.15) is 22.8 Å². The van der Waals surface area contributed by atoms with Crippen molar-refractivity contribution in [3.8, 4) is 0 Å². The van der Waals surface area contributed by atoms with Gasteiger partial charge in [-0.3, -0.25) is 9.59 Å². The van der Waals surface area contributed by atoms with E-state index >= 15 is 0 Å². The van der Waals surface area contributed by atoms with Crippen molar-refractivity contribution in [1.82, 2.24) is 9.80 Å². The van der Waals surface area contributed by atoms with Crippen molar-refractivity contribution in [3.63, 3.8) is 0 Å². The van der Waals surface area contributed by atoms with Crippen molar-refractivity contribution < 1.29 is 14.0 Å². The standard InChI is InChI=1S/C21H21FN2O2S/c22-16-5-3-15(4-6-16)18-14-19(18)21(26)24-11-9-23(10-12-24)20(25)8-7-17-2-1-13-27-17/h1-8,13,18-19H,9-12,14H2/b8-7+/t18-,19-/m0/s1. The fourth-order valence-electron chi connectivity index (χ4n) is 3.57. The highest BCUT2D eigenvalue weighted by atomic mass is 32.1. The van der Waals surface area contributed by atoms with E-state index in [0.717, 1.165) is 16.9 Å². The van der Waals surface area contributed by atoms with Crippen molar-refractivity contribution in [2.75, 3.05) is 26.2 Å². The Morgan fingerprint density at radius 1 is 1.04 bits per heavy atom. The quantitative estimate of drug-likeness (QED) is 0.759. The number of hydrogen-bond donors (Lipinski definition) is 0. The molecule has 1 aliphatic heterocycles. The van der Waals surface area contributed by atoms with Gasteiger partial charge >= 0.3 is 0 Å². The van der Waals surface area contributed by atoms with Gasteiger partial charge in [-0.05, 0) is 47.6 Å². The van der Waals surface area contributed by atoms with Gasteiger partial charge in [-0.2, -0.15) is 0 Å². The van der Waals surface area contributed by atoms with Crippen LogP contribution in [0.2, 0.25) is 0 Å². The molecular weight excluding hydrogens is 363 g/mol. The SMILES string of the molecule is O=C(/C=C/c1cccs1)N1CCN(C(=O)[C@H]2C[C@H]2c2ccc(F)cc2)CC1. The molecule has 0 N–H and O–H groups in total. The van der Waals surface area contributed by atoms with Gasteiger partial charge < -0.3 is 9.80 Å². The molecule has 2 amide bonds. The number of rotatable bonds is 4. The van der Waals surface area contributed by atoms with Crippen LogP contribution in [-0.4, -0.2) is 47.8 Å². The van der Waals surface area contributed by atoms with E-state index in [9.17, 15) is 14.0 Å². The van der Waals surface area contributed by atoms with E-state index in [2.05, 4.69) is 0 Å². The highest BCUT2D eigenvalue weighted by molar-refractivity contribution is 7.10. The lowest BCUT2D eigenvalue weighted by molar-refractivity contribution is -0.138. The zero-order valence-electron chi connectivity index (χ0n) is 14.9. The second-order valence-corrected chi connectivity index (χ2v) is 7.98. The Morgan fingerprint density at radius 2 is 1.74 bits per heavy atom. The summed E-state index contributed by atoms with van der Waals surface area (Å²) in [5, 5.41) is 1.98. The van der Waals surface area contributed by atoms with Crippen molar-refractivity contribution in [1.29, 1.82) is 0 Å². The van der Waals surface area contributed by atoms with Gasteiger partial charge in [0.15, 0.2) is 0 Å². The Bertz CT molecular complexity index is 840. The minimum Gasteiger partial charge on any atom is -0.339 e. The number of amides is 2. The van der Waals surface area contributed by atoms with E-state index in [4.69, 9.17) is 0 Å². The summed E-state index contributed by atoms with van der Waals surface area (Å²) in [5.74, 6) is 0.0933. The van der Waals surface area contributed by atoms with E-state index in [-0.39, 0.29) is 29.5 Å². The smallest absolute Gasteiger partial charge is 0.246 e. The minimum atomic E-state index is -0.254. The van der Waals surface area contributed by atoms with Crippen LogP contribution in [0.3, 0.4) is 0 Å². The summed E-state index contributed by atoms with van der Waals surface area (Å²) in [6.45, 7) is 2.27. The van der Waals surface area contributed by atoms with Gasteiger partial charge in [0, 0.05) is 43.1 Å². The van der Waals surface area contributed by atoms with E-state index in [1.807, 2.05) is 28.5 Å². The molecule has 2 atom stereocenters. The van der Waals surface area contributed by atoms with Gasteiger partial charge in [0.05, 0.1) is 0 Å². The molecule has 4 rings (SSSR count). The zero-order valence-corrected chi connectivity index (χ0v) is 15.7. The Hall–Kier alpha value is -2.47. The average molecular weight is 384 g/mol. The minimum absolute atomic E-state index is 0.00330. The summed E-state index contributed by atoms with van der Waals surface area (Å²) < 4.78 is 13.0. The Kier molecular flexibility index (Phi) is 5.07. The number of benzene rings is 1. The van der Waals surface area contributed by atoms with E-state index in [0.29, 0.717) is 26.2 Å². The molecule has 2 heterocycles. The third kappa shape index (κ3) is 4.11. The van der Waals surface area contributed by atoms with Crippen LogP contribution in [0.4, 0.5) is 4.39 Å². The molecule has 0 unspecified atom stereocenters. The van der Waals surface area contributed by atoms with Crippen LogP contribution in [0.5, 0.6) is 0 Å². The van der Waals surface area contributed by atoms with Crippen LogP contribution >= 0.6 is 11.3 Å². The first-order valence-electron chi connectivity index (χ1n) is 9.16. The Balaban J connectivity index is 1.27. The predicted octanol–water partition coefficient (Wildman–Crippen LogP) is 3.37. The molecule has 2 fully saturated rings. The lowest BCUT2D eigenvalue weighted by atomic mass is 10.1. The second kappa shape index (κ2) is 7.64. The van der Waals surface area contributed by atoms with E-state index < -0.39 is 0 Å². The molecular formula is C21H21FN2O2S. The predicted molar refractivity (Wildman–Crippen MR) is 104 cm³/mol. The summed E-state index contributed by atoms with van der Waals surface area (Å²) in [5.41, 5.74) is 1.03. The fourth-order valence-corrected chi connectivity index (χ4v) is 4.19. The number of carbonyl (C=O) groups excluding carboxylic acids is 2. The molecule has 0 spiro atoms. The number of piperazine rings is 1. The molecule has 1 aromatic heterocycles. The maximum Gasteiger partial charge on any atom is 0.246 e. The first kappa shape index (κ1) is 17.9. The van der Waals surface area contributed by atoms with Crippen LogP contribution in [-0.2, 0) is 9.59 Å². The number of hydrogen-bond acceptors (Lipinski definition) is 3. The molecule has 27 heavy (non-hydrogen) atoms. The molecule has 1 aromatic carbocycles. The second-order valence-electron chi connectivity index (χ2n) is 7.00. The van der Waals surface area contributed by atoms with Crippen LogP contribution in [0.25, 0.3) is 6.08 Å². The lowest BCUT2D eigenvalue weighted by Gasteiger charge is -2.34. The molecule has 6 heteroatoms. The van der Waals surface area contributed by atoms with Crippen molar-refractivity contribution in [2.45, 2.75) is 12.3 Å². The monoisotopic (exact) mass is 384 g/mol. The molecule has 1 saturated heterocycles. The summed E-state index contributed by atoms with van der Waals surface area (Å²) in [7, 11) is 0. The molecule has 1 aliphatic carbocycles. The summed E-state index contributed by atoms with van der Waals surface area (Å²) in [6, 6.07) is 10.4. The van der Waals surface area contributed by atoms with Crippen molar-refractivity contribution >= 4 is 29.2 Å². The van der Waals surface area contributed by atoms with E-state index in [1.165, 1.54) is 12.1 Å². The summed E-state index contributed by atoms with van der Waals surface area (Å²) in [4.78, 5) is 29.7. The topological polar surface area (TPSA) is 40.6 Å². The summed E-state index contributed by atoms with van der Waals surface area (Å²) >= 11 is 1.59. The Labute approximate surface area is 161 Å². The number of thiophene rings is 1. The molecule has 2 aromatic rings. The van der Waals surface area contributed by atoms with Gasteiger partial charge in [-0.15, -0.1) is 11.3 Å². The van der Waals surface area contributed by atoms with Gasteiger partial charge in [0.1, 0.15) is 5.82 Å². The highest BCUT2D eigenvalue weighted by Crippen LogP contribution is 2.48. The molecule has 0 bridgehead atoms. The zero-order chi connectivity index (χ0) is 18.8. The molecule has 0 radical (unpaired) electrons. The van der Waals surface area contributed by atoms with Gasteiger partial charge in [0.25, 0.3) is 0 Å². The van der Waals surface area contributed by atoms with Crippen molar-refractivity contribution in [2.24, 2.45) is 5.92 Å². The third-order valence-corrected chi connectivity index (χ3v) is 6.08. The van der Waals surface area contributed by atoms with E-state index in [1.54, 1.807) is 34.4 Å². The highest BCUT2D eigenvalue weighted by Gasteiger charge is 2.46. The lowest BCUT2D eigenvalue weighted by Crippen LogP contribution is -2.50. The van der Waals surface area contributed by atoms with Crippen LogP contribution in [0, 0.1) is 11.7 Å². The third-order valence-electron chi connectivity index (χ3n) is 5.24. The molecule has 1 saturated carbocycles. The average Bonchev–Trinajstić information content (AvgIpc) is 3.32. The van der Waals surface area contributed by atoms with Gasteiger partial charge in [0.2, 0.25) is 11.8 Å². The first-order chi connectivity index (χ1) is 13.1. The van der Waals surface area contributed by atoms with Gasteiger partial charge in [-0.1, -0.05) is 18.2 Å². The fraction of sp³-hybridized carbons (Fsp3) is 0.333.